The van der Waals surface area contributed by atoms with Gasteiger partial charge in [-0.3, -0.25) is 5.10 Å². The van der Waals surface area contributed by atoms with Crippen LogP contribution in [0.25, 0.3) is 11.3 Å². The van der Waals surface area contributed by atoms with Crippen LogP contribution < -0.4 is 5.73 Å². The maximum atomic E-state index is 5.96. The molecule has 1 atom stereocenters. The summed E-state index contributed by atoms with van der Waals surface area (Å²) >= 11 is 3.46. The van der Waals surface area contributed by atoms with Gasteiger partial charge in [0.1, 0.15) is 0 Å². The molecule has 3 nitrogen and oxygen atoms in total. The first-order valence-electron chi connectivity index (χ1n) is 6.84. The summed E-state index contributed by atoms with van der Waals surface area (Å²) in [4.78, 5) is 0. The molecule has 1 unspecified atom stereocenters. The maximum absolute atomic E-state index is 5.96. The molecule has 1 aromatic heterocycles. The summed E-state index contributed by atoms with van der Waals surface area (Å²) in [6.07, 6.45) is 0. The summed E-state index contributed by atoms with van der Waals surface area (Å²) in [5.41, 5.74) is 10.2. The van der Waals surface area contributed by atoms with Crippen LogP contribution in [0, 0.1) is 0 Å². The number of nitrogens with one attached hydrogen (secondary N) is 1. The molecule has 0 fully saturated rings. The summed E-state index contributed by atoms with van der Waals surface area (Å²) < 4.78 is 1.07. The van der Waals surface area contributed by atoms with Crippen LogP contribution in [-0.4, -0.2) is 16.7 Å². The highest BCUT2D eigenvalue weighted by Gasteiger charge is 2.15. The number of halogens is 1. The highest BCUT2D eigenvalue weighted by Crippen LogP contribution is 2.26. The number of rotatable bonds is 4. The van der Waals surface area contributed by atoms with Crippen LogP contribution in [-0.2, 0) is 0 Å². The van der Waals surface area contributed by atoms with E-state index in [-0.39, 0.29) is 5.92 Å². The second-order valence-electron chi connectivity index (χ2n) is 4.91. The minimum absolute atomic E-state index is 0.128. The van der Waals surface area contributed by atoms with Crippen molar-refractivity contribution in [3.63, 3.8) is 0 Å². The quantitative estimate of drug-likeness (QED) is 0.755. The van der Waals surface area contributed by atoms with E-state index in [0.717, 1.165) is 21.4 Å². The third-order valence-electron chi connectivity index (χ3n) is 3.55. The number of nitrogens with zero attached hydrogens (tertiary/aromatic N) is 1. The van der Waals surface area contributed by atoms with Crippen molar-refractivity contribution in [2.45, 2.75) is 5.92 Å². The van der Waals surface area contributed by atoms with E-state index in [0.29, 0.717) is 6.54 Å². The molecule has 0 saturated heterocycles. The Hall–Kier alpha value is -1.91. The maximum Gasteiger partial charge on any atom is 0.0923 e. The molecule has 3 rings (SSSR count). The van der Waals surface area contributed by atoms with Crippen LogP contribution in [0.4, 0.5) is 0 Å². The molecule has 21 heavy (non-hydrogen) atoms. The normalized spacial score (nSPS) is 12.3. The van der Waals surface area contributed by atoms with Gasteiger partial charge >= 0.3 is 0 Å². The third-order valence-corrected chi connectivity index (χ3v) is 4.08. The average Bonchev–Trinajstić information content (AvgIpc) is 3.00. The Morgan fingerprint density at radius 2 is 1.76 bits per heavy atom. The molecule has 0 aliphatic heterocycles. The molecule has 0 saturated carbocycles. The minimum atomic E-state index is 0.128. The second kappa shape index (κ2) is 6.24. The molecule has 0 aliphatic carbocycles. The Bertz CT molecular complexity index is 704. The molecular weight excluding hydrogens is 326 g/mol. The van der Waals surface area contributed by atoms with Gasteiger partial charge in [-0.2, -0.15) is 5.10 Å². The first-order valence-corrected chi connectivity index (χ1v) is 7.63. The summed E-state index contributed by atoms with van der Waals surface area (Å²) in [5, 5.41) is 7.54. The number of nitrogens with two attached hydrogens (primary N) is 1. The molecule has 0 spiro atoms. The van der Waals surface area contributed by atoms with E-state index in [1.807, 2.05) is 30.3 Å². The predicted octanol–water partition coefficient (Wildman–Crippen LogP) is 3.93. The van der Waals surface area contributed by atoms with Crippen LogP contribution in [0.1, 0.15) is 17.2 Å². The van der Waals surface area contributed by atoms with Gasteiger partial charge < -0.3 is 5.73 Å². The standard InChI is InChI=1S/C17H16BrN3/c18-14-8-6-12(7-9-14)15(11-19)17-10-16(20-21-17)13-4-2-1-3-5-13/h1-10,15H,11,19H2,(H,20,21). The monoisotopic (exact) mass is 341 g/mol. The van der Waals surface area contributed by atoms with Crippen molar-refractivity contribution < 1.29 is 0 Å². The van der Waals surface area contributed by atoms with Gasteiger partial charge in [-0.25, -0.2) is 0 Å². The van der Waals surface area contributed by atoms with Gasteiger partial charge in [-0.1, -0.05) is 58.4 Å². The zero-order chi connectivity index (χ0) is 14.7. The zero-order valence-electron chi connectivity index (χ0n) is 11.5. The second-order valence-corrected chi connectivity index (χ2v) is 5.83. The van der Waals surface area contributed by atoms with E-state index in [4.69, 9.17) is 5.73 Å². The number of aromatic amines is 1. The van der Waals surface area contributed by atoms with Gasteiger partial charge in [-0.15, -0.1) is 0 Å². The Morgan fingerprint density at radius 3 is 2.43 bits per heavy atom. The average molecular weight is 342 g/mol. The first-order chi connectivity index (χ1) is 10.3. The van der Waals surface area contributed by atoms with Gasteiger partial charge in [0, 0.05) is 28.2 Å². The van der Waals surface area contributed by atoms with Crippen molar-refractivity contribution in [1.82, 2.24) is 10.2 Å². The number of aromatic nitrogens is 2. The zero-order valence-corrected chi connectivity index (χ0v) is 13.0. The molecule has 0 amide bonds. The number of H-pyrrole nitrogens is 1. The lowest BCUT2D eigenvalue weighted by Crippen LogP contribution is -2.14. The Balaban J connectivity index is 1.92. The van der Waals surface area contributed by atoms with Gasteiger partial charge in [0.15, 0.2) is 0 Å². The molecular formula is C17H16BrN3. The fraction of sp³-hybridized carbons (Fsp3) is 0.118. The van der Waals surface area contributed by atoms with Crippen LogP contribution in [0.5, 0.6) is 0 Å². The van der Waals surface area contributed by atoms with Gasteiger partial charge in [0.25, 0.3) is 0 Å². The number of benzene rings is 2. The van der Waals surface area contributed by atoms with E-state index in [1.165, 1.54) is 5.56 Å². The smallest absolute Gasteiger partial charge is 0.0923 e. The van der Waals surface area contributed by atoms with Crippen LogP contribution in [0.3, 0.4) is 0 Å². The minimum Gasteiger partial charge on any atom is -0.329 e. The molecule has 0 radical (unpaired) electrons. The van der Waals surface area contributed by atoms with Gasteiger partial charge in [0.2, 0.25) is 0 Å². The molecule has 2 aromatic carbocycles. The first kappa shape index (κ1) is 14.0. The van der Waals surface area contributed by atoms with Crippen LogP contribution in [0.2, 0.25) is 0 Å². The molecule has 106 valence electrons. The summed E-state index contributed by atoms with van der Waals surface area (Å²) in [5.74, 6) is 0.128. The summed E-state index contributed by atoms with van der Waals surface area (Å²) in [7, 11) is 0. The van der Waals surface area contributed by atoms with Crippen molar-refractivity contribution in [1.29, 1.82) is 0 Å². The van der Waals surface area contributed by atoms with Crippen LogP contribution >= 0.6 is 15.9 Å². The fourth-order valence-corrected chi connectivity index (χ4v) is 2.67. The largest absolute Gasteiger partial charge is 0.329 e. The van der Waals surface area contributed by atoms with Crippen LogP contribution in [0.15, 0.2) is 65.1 Å². The molecule has 0 aliphatic rings. The topological polar surface area (TPSA) is 54.7 Å². The number of hydrogen-bond donors (Lipinski definition) is 2. The van der Waals surface area contributed by atoms with Gasteiger partial charge in [0.05, 0.1) is 5.69 Å². The summed E-state index contributed by atoms with van der Waals surface area (Å²) in [6.45, 7) is 0.540. The molecule has 1 heterocycles. The van der Waals surface area contributed by atoms with Crippen molar-refractivity contribution >= 4 is 15.9 Å². The van der Waals surface area contributed by atoms with E-state index in [1.54, 1.807) is 0 Å². The fourth-order valence-electron chi connectivity index (χ4n) is 2.41. The molecule has 3 N–H and O–H groups in total. The predicted molar refractivity (Wildman–Crippen MR) is 89.1 cm³/mol. The summed E-state index contributed by atoms with van der Waals surface area (Å²) in [6, 6.07) is 20.5. The Morgan fingerprint density at radius 1 is 1.05 bits per heavy atom. The molecule has 4 heteroatoms. The Labute approximate surface area is 132 Å². The van der Waals surface area contributed by atoms with E-state index >= 15 is 0 Å². The Kier molecular flexibility index (Phi) is 4.18. The highest BCUT2D eigenvalue weighted by molar-refractivity contribution is 9.10. The lowest BCUT2D eigenvalue weighted by molar-refractivity contribution is 0.779. The number of hydrogen-bond acceptors (Lipinski definition) is 2. The van der Waals surface area contributed by atoms with E-state index in [2.05, 4.69) is 56.5 Å². The highest BCUT2D eigenvalue weighted by atomic mass is 79.9. The van der Waals surface area contributed by atoms with Crippen molar-refractivity contribution in [3.05, 3.63) is 76.4 Å². The molecule has 0 bridgehead atoms. The van der Waals surface area contributed by atoms with Gasteiger partial charge in [-0.05, 0) is 23.8 Å². The molecule has 3 aromatic rings. The van der Waals surface area contributed by atoms with Crippen molar-refractivity contribution in [3.8, 4) is 11.3 Å². The van der Waals surface area contributed by atoms with E-state index in [9.17, 15) is 0 Å². The van der Waals surface area contributed by atoms with Crippen molar-refractivity contribution in [2.75, 3.05) is 6.54 Å². The van der Waals surface area contributed by atoms with Crippen molar-refractivity contribution in [2.24, 2.45) is 5.73 Å². The lowest BCUT2D eigenvalue weighted by Gasteiger charge is -2.13. The SMILES string of the molecule is NCC(c1ccc(Br)cc1)c1cc(-c2ccccc2)n[nH]1. The lowest BCUT2D eigenvalue weighted by atomic mass is 9.95. The third kappa shape index (κ3) is 3.06. The van der Waals surface area contributed by atoms with E-state index < -0.39 is 0 Å².